The number of nitrogens with one attached hydrogen (secondary N) is 2. The van der Waals surface area contributed by atoms with E-state index in [1.807, 2.05) is 11.8 Å². The van der Waals surface area contributed by atoms with Gasteiger partial charge in [-0.05, 0) is 32.6 Å². The number of ether oxygens (including phenoxy) is 1. The smallest absolute Gasteiger partial charge is 0.222 e. The van der Waals surface area contributed by atoms with Crippen molar-refractivity contribution < 1.29 is 9.53 Å². The molecule has 1 aliphatic heterocycles. The van der Waals surface area contributed by atoms with Gasteiger partial charge in [0.15, 0.2) is 5.96 Å². The first-order valence-electron chi connectivity index (χ1n) is 10.2. The molecule has 1 saturated heterocycles. The number of rotatable bonds is 8. The van der Waals surface area contributed by atoms with Gasteiger partial charge in [-0.2, -0.15) is 0 Å². The number of carbonyl (C=O) groups is 1. The monoisotopic (exact) mass is 352 g/mol. The number of hydrogen-bond acceptors (Lipinski definition) is 3. The molecular formula is C19H36N4O2. The molecule has 1 amide bonds. The third-order valence-corrected chi connectivity index (χ3v) is 5.01. The fourth-order valence-electron chi connectivity index (χ4n) is 3.58. The van der Waals surface area contributed by atoms with Crippen LogP contribution in [0.5, 0.6) is 0 Å². The van der Waals surface area contributed by atoms with E-state index in [9.17, 15) is 4.79 Å². The van der Waals surface area contributed by atoms with E-state index in [4.69, 9.17) is 4.74 Å². The summed E-state index contributed by atoms with van der Waals surface area (Å²) < 4.78 is 5.96. The third kappa shape index (κ3) is 7.22. The van der Waals surface area contributed by atoms with Gasteiger partial charge in [0.25, 0.3) is 0 Å². The van der Waals surface area contributed by atoms with E-state index in [2.05, 4.69) is 22.5 Å². The number of amides is 1. The molecule has 6 heteroatoms. The van der Waals surface area contributed by atoms with Crippen molar-refractivity contribution in [1.29, 1.82) is 0 Å². The minimum atomic E-state index is 0.242. The van der Waals surface area contributed by atoms with Crippen molar-refractivity contribution in [3.63, 3.8) is 0 Å². The van der Waals surface area contributed by atoms with Gasteiger partial charge in [-0.1, -0.05) is 26.2 Å². The molecule has 0 aromatic heterocycles. The van der Waals surface area contributed by atoms with Crippen LogP contribution in [0, 0.1) is 0 Å². The van der Waals surface area contributed by atoms with Crippen LogP contribution in [0.1, 0.15) is 65.2 Å². The number of aliphatic imine (C=N–C) groups is 1. The highest BCUT2D eigenvalue weighted by atomic mass is 16.5. The second-order valence-corrected chi connectivity index (χ2v) is 7.07. The van der Waals surface area contributed by atoms with Crippen LogP contribution >= 0.6 is 0 Å². The van der Waals surface area contributed by atoms with Gasteiger partial charge in [0.05, 0.1) is 6.10 Å². The minimum absolute atomic E-state index is 0.242. The highest BCUT2D eigenvalue weighted by Gasteiger charge is 2.25. The van der Waals surface area contributed by atoms with E-state index < -0.39 is 0 Å². The van der Waals surface area contributed by atoms with E-state index >= 15 is 0 Å². The molecule has 2 aliphatic rings. The molecule has 0 radical (unpaired) electrons. The molecule has 0 aromatic carbocycles. The molecule has 0 spiro atoms. The second kappa shape index (κ2) is 11.3. The molecule has 25 heavy (non-hydrogen) atoms. The lowest BCUT2D eigenvalue weighted by Crippen LogP contribution is -2.45. The van der Waals surface area contributed by atoms with Gasteiger partial charge >= 0.3 is 0 Å². The molecule has 1 heterocycles. The highest BCUT2D eigenvalue weighted by Crippen LogP contribution is 2.20. The minimum Gasteiger partial charge on any atom is -0.378 e. The highest BCUT2D eigenvalue weighted by molar-refractivity contribution is 5.80. The average Bonchev–Trinajstić information content (AvgIpc) is 3.10. The summed E-state index contributed by atoms with van der Waals surface area (Å²) in [6.45, 7) is 8.03. The van der Waals surface area contributed by atoms with Crippen molar-refractivity contribution in [2.75, 3.05) is 32.8 Å². The maximum Gasteiger partial charge on any atom is 0.222 e. The summed E-state index contributed by atoms with van der Waals surface area (Å²) in [6, 6.07) is 0.298. The standard InChI is InChI=1S/C19H36N4O2/c1-3-18(24)23-13-11-16(15-23)22-19(20-4-2)21-12-8-14-25-17-9-6-5-7-10-17/h16-17H,3-15H2,1-2H3,(H2,20,21,22). The van der Waals surface area contributed by atoms with Crippen LogP contribution in [0.15, 0.2) is 4.99 Å². The van der Waals surface area contributed by atoms with Crippen molar-refractivity contribution in [3.8, 4) is 0 Å². The summed E-state index contributed by atoms with van der Waals surface area (Å²) in [7, 11) is 0. The molecule has 2 rings (SSSR count). The van der Waals surface area contributed by atoms with Crippen molar-refractivity contribution in [1.82, 2.24) is 15.5 Å². The van der Waals surface area contributed by atoms with Crippen molar-refractivity contribution in [3.05, 3.63) is 0 Å². The number of carbonyl (C=O) groups excluding carboxylic acids is 1. The Balaban J connectivity index is 1.66. The molecule has 1 atom stereocenters. The summed E-state index contributed by atoms with van der Waals surface area (Å²) in [5.74, 6) is 1.10. The summed E-state index contributed by atoms with van der Waals surface area (Å²) in [5, 5.41) is 6.77. The van der Waals surface area contributed by atoms with Crippen molar-refractivity contribution in [2.24, 2.45) is 4.99 Å². The molecule has 144 valence electrons. The largest absolute Gasteiger partial charge is 0.378 e. The molecule has 1 unspecified atom stereocenters. The molecule has 1 aliphatic carbocycles. The summed E-state index contributed by atoms with van der Waals surface area (Å²) in [5.41, 5.74) is 0. The molecular weight excluding hydrogens is 316 g/mol. The Kier molecular flexibility index (Phi) is 9.08. The molecule has 0 bridgehead atoms. The number of likely N-dealkylation sites (tertiary alicyclic amines) is 1. The first-order chi connectivity index (χ1) is 12.2. The number of nitrogens with zero attached hydrogens (tertiary/aromatic N) is 2. The van der Waals surface area contributed by atoms with Crippen LogP contribution < -0.4 is 10.6 Å². The predicted octanol–water partition coefficient (Wildman–Crippen LogP) is 2.29. The zero-order valence-electron chi connectivity index (χ0n) is 16.1. The second-order valence-electron chi connectivity index (χ2n) is 7.07. The van der Waals surface area contributed by atoms with Crippen LogP contribution in [0.3, 0.4) is 0 Å². The Labute approximate surface area is 152 Å². The first-order valence-corrected chi connectivity index (χ1v) is 10.2. The molecule has 2 N–H and O–H groups in total. The van der Waals surface area contributed by atoms with Crippen LogP contribution in [-0.4, -0.2) is 61.7 Å². The Bertz CT molecular complexity index is 422. The fourth-order valence-corrected chi connectivity index (χ4v) is 3.58. The molecule has 0 aromatic rings. The van der Waals surface area contributed by atoms with E-state index in [1.54, 1.807) is 0 Å². The Hall–Kier alpha value is -1.30. The van der Waals surface area contributed by atoms with Crippen LogP contribution in [0.4, 0.5) is 0 Å². The SMILES string of the molecule is CCNC(=NCCCOC1CCCCC1)NC1CCN(C(=O)CC)C1. The lowest BCUT2D eigenvalue weighted by Gasteiger charge is -2.21. The van der Waals surface area contributed by atoms with E-state index in [0.29, 0.717) is 18.6 Å². The normalized spacial score (nSPS) is 22.2. The Morgan fingerprint density at radius 1 is 1.20 bits per heavy atom. The lowest BCUT2D eigenvalue weighted by molar-refractivity contribution is -0.129. The summed E-state index contributed by atoms with van der Waals surface area (Å²) in [4.78, 5) is 18.4. The van der Waals surface area contributed by atoms with Gasteiger partial charge in [0.2, 0.25) is 5.91 Å². The van der Waals surface area contributed by atoms with Gasteiger partial charge in [-0.25, -0.2) is 0 Å². The van der Waals surface area contributed by atoms with E-state index in [0.717, 1.165) is 51.6 Å². The van der Waals surface area contributed by atoms with Crippen LogP contribution in [-0.2, 0) is 9.53 Å². The van der Waals surface area contributed by atoms with Gasteiger partial charge in [0.1, 0.15) is 0 Å². The Morgan fingerprint density at radius 2 is 2.00 bits per heavy atom. The maximum atomic E-state index is 11.8. The predicted molar refractivity (Wildman–Crippen MR) is 102 cm³/mol. The zero-order valence-corrected chi connectivity index (χ0v) is 16.1. The van der Waals surface area contributed by atoms with E-state index in [-0.39, 0.29) is 5.91 Å². The topological polar surface area (TPSA) is 66.0 Å². The maximum absolute atomic E-state index is 11.8. The molecule has 1 saturated carbocycles. The van der Waals surface area contributed by atoms with Gasteiger partial charge in [-0.3, -0.25) is 9.79 Å². The lowest BCUT2D eigenvalue weighted by atomic mass is 9.98. The van der Waals surface area contributed by atoms with Crippen LogP contribution in [0.25, 0.3) is 0 Å². The Morgan fingerprint density at radius 3 is 2.72 bits per heavy atom. The quantitative estimate of drug-likeness (QED) is 0.400. The number of hydrogen-bond donors (Lipinski definition) is 2. The molecule has 6 nitrogen and oxygen atoms in total. The average molecular weight is 353 g/mol. The van der Waals surface area contributed by atoms with Crippen LogP contribution in [0.2, 0.25) is 0 Å². The third-order valence-electron chi connectivity index (χ3n) is 5.01. The van der Waals surface area contributed by atoms with Gasteiger partial charge in [-0.15, -0.1) is 0 Å². The zero-order chi connectivity index (χ0) is 17.9. The summed E-state index contributed by atoms with van der Waals surface area (Å²) in [6.07, 6.45) is 9.45. The van der Waals surface area contributed by atoms with Gasteiger partial charge < -0.3 is 20.3 Å². The number of guanidine groups is 1. The van der Waals surface area contributed by atoms with Crippen molar-refractivity contribution >= 4 is 11.9 Å². The van der Waals surface area contributed by atoms with E-state index in [1.165, 1.54) is 32.1 Å². The van der Waals surface area contributed by atoms with Crippen molar-refractivity contribution in [2.45, 2.75) is 77.4 Å². The fraction of sp³-hybridized carbons (Fsp3) is 0.895. The molecule has 2 fully saturated rings. The summed E-state index contributed by atoms with van der Waals surface area (Å²) >= 11 is 0. The first kappa shape index (κ1) is 20.0. The van der Waals surface area contributed by atoms with Gasteiger partial charge in [0, 0.05) is 45.2 Å².